The molecule has 3 aromatic rings. The molecule has 8 nitrogen and oxygen atoms in total. The van der Waals surface area contributed by atoms with Gasteiger partial charge in [-0.15, -0.1) is 0 Å². The van der Waals surface area contributed by atoms with Gasteiger partial charge in [0.1, 0.15) is 0 Å². The number of nitrogens with zero attached hydrogens (tertiary/aromatic N) is 2. The van der Waals surface area contributed by atoms with Crippen LogP contribution in [0.2, 0.25) is 0 Å². The van der Waals surface area contributed by atoms with Gasteiger partial charge in [0.2, 0.25) is 16.0 Å². The van der Waals surface area contributed by atoms with Crippen LogP contribution in [-0.4, -0.2) is 37.6 Å². The molecular formula is C24H24N4O4S. The van der Waals surface area contributed by atoms with Crippen molar-refractivity contribution in [2.24, 2.45) is 10.1 Å². The van der Waals surface area contributed by atoms with E-state index in [-0.39, 0.29) is 29.9 Å². The first-order valence-corrected chi connectivity index (χ1v) is 11.7. The third-order valence-corrected chi connectivity index (χ3v) is 5.69. The number of carbonyl (C=O) groups is 2. The molecule has 0 aliphatic heterocycles. The largest absolute Gasteiger partial charge is 0.292 e. The Morgan fingerprint density at radius 1 is 0.879 bits per heavy atom. The summed E-state index contributed by atoms with van der Waals surface area (Å²) in [7, 11) is -3.80. The van der Waals surface area contributed by atoms with Gasteiger partial charge in [-0.05, 0) is 48.9 Å². The molecule has 0 spiro atoms. The van der Waals surface area contributed by atoms with Crippen molar-refractivity contribution in [1.29, 1.82) is 0 Å². The van der Waals surface area contributed by atoms with E-state index in [1.165, 1.54) is 17.0 Å². The van der Waals surface area contributed by atoms with Crippen molar-refractivity contribution in [3.05, 3.63) is 102 Å². The number of hydrogen-bond acceptors (Lipinski definition) is 5. The maximum absolute atomic E-state index is 13.1. The van der Waals surface area contributed by atoms with Crippen LogP contribution in [0.1, 0.15) is 33.2 Å². The molecule has 0 atom stereocenters. The lowest BCUT2D eigenvalue weighted by Crippen LogP contribution is -2.47. The second kappa shape index (κ2) is 10.7. The highest BCUT2D eigenvalue weighted by molar-refractivity contribution is 7.89. The van der Waals surface area contributed by atoms with Crippen LogP contribution >= 0.6 is 0 Å². The number of rotatable bonds is 6. The first-order valence-electron chi connectivity index (χ1n) is 10.2. The molecule has 33 heavy (non-hydrogen) atoms. The van der Waals surface area contributed by atoms with Gasteiger partial charge in [-0.2, -0.15) is 0 Å². The number of primary sulfonamides is 1. The van der Waals surface area contributed by atoms with E-state index in [0.717, 1.165) is 0 Å². The van der Waals surface area contributed by atoms with Gasteiger partial charge < -0.3 is 0 Å². The minimum atomic E-state index is -3.80. The van der Waals surface area contributed by atoms with Crippen molar-refractivity contribution in [3.8, 4) is 0 Å². The summed E-state index contributed by atoms with van der Waals surface area (Å²) < 4.78 is 22.9. The van der Waals surface area contributed by atoms with Crippen molar-refractivity contribution < 1.29 is 18.0 Å². The number of nitrogens with two attached hydrogens (primary N) is 1. The molecule has 0 aliphatic rings. The number of benzene rings is 3. The monoisotopic (exact) mass is 464 g/mol. The molecule has 170 valence electrons. The minimum absolute atomic E-state index is 0.0118. The molecule has 0 radical (unpaired) electrons. The Hall–Kier alpha value is -3.82. The maximum Gasteiger partial charge on any atom is 0.260 e. The van der Waals surface area contributed by atoms with Crippen molar-refractivity contribution in [1.82, 2.24) is 10.2 Å². The lowest BCUT2D eigenvalue weighted by molar-refractivity contribution is 0.0844. The molecule has 0 heterocycles. The van der Waals surface area contributed by atoms with Crippen molar-refractivity contribution in [2.75, 3.05) is 6.54 Å². The van der Waals surface area contributed by atoms with Crippen LogP contribution < -0.4 is 10.5 Å². The predicted octanol–water partition coefficient (Wildman–Crippen LogP) is 2.78. The summed E-state index contributed by atoms with van der Waals surface area (Å²) in [5.74, 6) is -0.622. The summed E-state index contributed by atoms with van der Waals surface area (Å²) in [5.41, 5.74) is 1.56. The fourth-order valence-electron chi connectivity index (χ4n) is 3.03. The summed E-state index contributed by atoms with van der Waals surface area (Å²) in [5, 5.41) is 7.88. The van der Waals surface area contributed by atoms with Gasteiger partial charge >= 0.3 is 0 Å². The van der Waals surface area contributed by atoms with Crippen LogP contribution in [0, 0.1) is 0 Å². The Labute approximate surface area is 192 Å². The molecule has 9 heteroatoms. The number of hydrogen-bond donors (Lipinski definition) is 2. The van der Waals surface area contributed by atoms with E-state index in [2.05, 4.69) is 10.3 Å². The number of nitrogens with one attached hydrogen (secondary N) is 1. The molecule has 0 fully saturated rings. The number of carbonyl (C=O) groups excluding carboxylic acids is 2. The second-order valence-corrected chi connectivity index (χ2v) is 8.63. The van der Waals surface area contributed by atoms with Crippen molar-refractivity contribution in [2.45, 2.75) is 18.4 Å². The summed E-state index contributed by atoms with van der Waals surface area (Å²) in [4.78, 5) is 31.8. The van der Waals surface area contributed by atoms with Gasteiger partial charge in [0.05, 0.1) is 11.4 Å². The zero-order chi connectivity index (χ0) is 23.8. The quantitative estimate of drug-likeness (QED) is 0.430. The van der Waals surface area contributed by atoms with E-state index < -0.39 is 15.9 Å². The number of sulfonamides is 1. The molecule has 0 unspecified atom stereocenters. The zero-order valence-electron chi connectivity index (χ0n) is 18.0. The zero-order valence-corrected chi connectivity index (χ0v) is 18.8. The van der Waals surface area contributed by atoms with Crippen molar-refractivity contribution in [3.63, 3.8) is 0 Å². The number of guanidine groups is 1. The Kier molecular flexibility index (Phi) is 7.70. The van der Waals surface area contributed by atoms with Crippen LogP contribution in [0.3, 0.4) is 0 Å². The van der Waals surface area contributed by atoms with E-state index in [1.54, 1.807) is 73.7 Å². The Bertz CT molecular complexity index is 1240. The predicted molar refractivity (Wildman–Crippen MR) is 126 cm³/mol. The van der Waals surface area contributed by atoms with Gasteiger partial charge in [-0.1, -0.05) is 48.5 Å². The molecule has 3 rings (SSSR count). The first-order chi connectivity index (χ1) is 15.8. The average Bonchev–Trinajstić information content (AvgIpc) is 2.83. The SMILES string of the molecule is CCN(C(=O)c1ccccc1)C(=NCc1ccc(S(N)(=O)=O)cc1)NC(=O)c1ccccc1. The van der Waals surface area contributed by atoms with Crippen LogP contribution in [-0.2, 0) is 16.6 Å². The average molecular weight is 465 g/mol. The summed E-state index contributed by atoms with van der Waals surface area (Å²) in [6.07, 6.45) is 0. The molecular weight excluding hydrogens is 440 g/mol. The van der Waals surface area contributed by atoms with Gasteiger partial charge in [-0.25, -0.2) is 18.5 Å². The fraction of sp³-hybridized carbons (Fsp3) is 0.125. The molecule has 0 saturated carbocycles. The van der Waals surface area contributed by atoms with E-state index in [1.807, 2.05) is 6.07 Å². The highest BCUT2D eigenvalue weighted by Gasteiger charge is 2.22. The van der Waals surface area contributed by atoms with E-state index in [4.69, 9.17) is 5.14 Å². The number of aliphatic imine (C=N–C) groups is 1. The summed E-state index contributed by atoms with van der Waals surface area (Å²) in [6.45, 7) is 2.16. The van der Waals surface area contributed by atoms with Crippen LogP contribution in [0.4, 0.5) is 0 Å². The second-order valence-electron chi connectivity index (χ2n) is 7.06. The van der Waals surface area contributed by atoms with Crippen molar-refractivity contribution >= 4 is 27.8 Å². The van der Waals surface area contributed by atoms with E-state index in [0.29, 0.717) is 16.7 Å². The summed E-state index contributed by atoms with van der Waals surface area (Å²) in [6, 6.07) is 23.2. The molecule has 3 aromatic carbocycles. The maximum atomic E-state index is 13.1. The standard InChI is InChI=1S/C24H24N4O4S/c1-2-28(23(30)20-11-7-4-8-12-20)24(27-22(29)19-9-5-3-6-10-19)26-17-18-13-15-21(16-14-18)33(25,31)32/h3-16H,2,17H2,1H3,(H2,25,31,32)(H,26,27,29). The lowest BCUT2D eigenvalue weighted by Gasteiger charge is -2.23. The highest BCUT2D eigenvalue weighted by Crippen LogP contribution is 2.11. The Balaban J connectivity index is 1.91. The normalized spacial score (nSPS) is 11.6. The van der Waals surface area contributed by atoms with E-state index >= 15 is 0 Å². The molecule has 0 bridgehead atoms. The Morgan fingerprint density at radius 2 is 1.42 bits per heavy atom. The topological polar surface area (TPSA) is 122 Å². The smallest absolute Gasteiger partial charge is 0.260 e. The van der Waals surface area contributed by atoms with Gasteiger partial charge in [-0.3, -0.25) is 19.8 Å². The van der Waals surface area contributed by atoms with Gasteiger partial charge in [0.15, 0.2) is 0 Å². The third-order valence-electron chi connectivity index (χ3n) is 4.76. The molecule has 0 aliphatic carbocycles. The lowest BCUT2D eigenvalue weighted by atomic mass is 10.2. The third kappa shape index (κ3) is 6.34. The van der Waals surface area contributed by atoms with E-state index in [9.17, 15) is 18.0 Å². The van der Waals surface area contributed by atoms with Gasteiger partial charge in [0, 0.05) is 17.7 Å². The van der Waals surface area contributed by atoms with Gasteiger partial charge in [0.25, 0.3) is 11.8 Å². The summed E-state index contributed by atoms with van der Waals surface area (Å²) >= 11 is 0. The van der Waals surface area contributed by atoms with Crippen LogP contribution in [0.5, 0.6) is 0 Å². The molecule has 3 N–H and O–H groups in total. The number of amides is 2. The van der Waals surface area contributed by atoms with Crippen LogP contribution in [0.25, 0.3) is 0 Å². The first kappa shape index (κ1) is 23.8. The molecule has 2 amide bonds. The molecule has 0 saturated heterocycles. The minimum Gasteiger partial charge on any atom is -0.292 e. The van der Waals surface area contributed by atoms with Crippen LogP contribution in [0.15, 0.2) is 94.8 Å². The Morgan fingerprint density at radius 3 is 1.94 bits per heavy atom. The highest BCUT2D eigenvalue weighted by atomic mass is 32.2. The molecule has 0 aromatic heterocycles. The fourth-order valence-corrected chi connectivity index (χ4v) is 3.55.